The number of carbonyl (C=O) groups is 1. The maximum absolute atomic E-state index is 13.0. The lowest BCUT2D eigenvalue weighted by atomic mass is 9.90. The second-order valence-electron chi connectivity index (χ2n) is 8.38. The normalized spacial score (nSPS) is 19.5. The third kappa shape index (κ3) is 6.54. The Hall–Kier alpha value is -3.07. The number of nitrogens with one attached hydrogen (secondary N) is 1. The first-order chi connectivity index (χ1) is 16.3. The van der Waals surface area contributed by atoms with Crippen molar-refractivity contribution in [1.82, 2.24) is 4.98 Å². The molecule has 1 N–H and O–H groups in total. The van der Waals surface area contributed by atoms with Crippen molar-refractivity contribution < 1.29 is 35.1 Å². The van der Waals surface area contributed by atoms with Crippen LogP contribution >= 0.6 is 0 Å². The van der Waals surface area contributed by atoms with Gasteiger partial charge in [-0.3, -0.25) is 0 Å². The highest BCUT2D eigenvalue weighted by Crippen LogP contribution is 2.36. The summed E-state index contributed by atoms with van der Waals surface area (Å²) in [4.78, 5) is 15.6. The summed E-state index contributed by atoms with van der Waals surface area (Å²) in [5, 5.41) is 11.8. The van der Waals surface area contributed by atoms with Gasteiger partial charge in [-0.25, -0.2) is 9.78 Å². The molecule has 1 fully saturated rings. The van der Waals surface area contributed by atoms with Crippen molar-refractivity contribution in [2.75, 3.05) is 5.32 Å². The molecule has 1 aliphatic carbocycles. The highest BCUT2D eigenvalue weighted by molar-refractivity contribution is 7.44. The molecule has 1 aliphatic rings. The van der Waals surface area contributed by atoms with Crippen LogP contribution in [0.25, 0.3) is 0 Å². The first kappa shape index (κ1) is 26.5. The zero-order valence-electron chi connectivity index (χ0n) is 18.5. The van der Waals surface area contributed by atoms with Crippen LogP contribution in [0.5, 0.6) is 0 Å². The van der Waals surface area contributed by atoms with E-state index in [2.05, 4.69) is 16.4 Å². The fourth-order valence-electron chi connectivity index (χ4n) is 3.90. The van der Waals surface area contributed by atoms with E-state index in [0.717, 1.165) is 0 Å². The number of aromatic nitrogens is 1. The molecule has 186 valence electrons. The summed E-state index contributed by atoms with van der Waals surface area (Å²) in [5.74, 6) is -0.797. The lowest BCUT2D eigenvalue weighted by molar-refractivity contribution is -0.448. The molecular weight excluding hydrogens is 494 g/mol. The Bertz CT molecular complexity index is 1120. The largest absolute Gasteiger partial charge is 0.433 e. The Balaban J connectivity index is 1.67. The number of nitriles is 1. The van der Waals surface area contributed by atoms with Gasteiger partial charge in [0.25, 0.3) is 12.4 Å². The molecule has 1 amide bonds. The molecule has 0 radical (unpaired) electrons. The van der Waals surface area contributed by atoms with Crippen LogP contribution < -0.4 is 5.32 Å². The number of carbonyl (C=O) groups excluding carboxylic acids is 1. The van der Waals surface area contributed by atoms with E-state index in [1.54, 1.807) is 31.2 Å². The number of hydrogen-bond acceptors (Lipinski definition) is 5. The molecule has 3 rings (SSSR count). The zero-order valence-corrected chi connectivity index (χ0v) is 19.3. The van der Waals surface area contributed by atoms with Gasteiger partial charge in [-0.05, 0) is 49.6 Å². The Kier molecular flexibility index (Phi) is 7.79. The summed E-state index contributed by atoms with van der Waals surface area (Å²) in [5.41, 5.74) is -2.55. The Morgan fingerprint density at radius 1 is 1.09 bits per heavy atom. The summed E-state index contributed by atoms with van der Waals surface area (Å²) in [6, 6.07) is 9.12. The van der Waals surface area contributed by atoms with E-state index in [1.807, 2.05) is 0 Å². The topological polar surface area (TPSA) is 68.8 Å². The van der Waals surface area contributed by atoms with Crippen LogP contribution in [0.1, 0.15) is 65.8 Å². The number of amides is 1. The summed E-state index contributed by atoms with van der Waals surface area (Å²) in [6.07, 6.45) is -8.43. The van der Waals surface area contributed by atoms with Crippen LogP contribution in [0.3, 0.4) is 0 Å². The van der Waals surface area contributed by atoms with Crippen LogP contribution in [0.4, 0.5) is 32.0 Å². The minimum absolute atomic E-state index is 0.318. The first-order valence-electron chi connectivity index (χ1n) is 10.7. The molecule has 1 aromatic carbocycles. The van der Waals surface area contributed by atoms with Gasteiger partial charge in [0.15, 0.2) is 6.04 Å². The van der Waals surface area contributed by atoms with Crippen molar-refractivity contribution in [3.8, 4) is 6.07 Å². The number of hydrogen-bond donors (Lipinski definition) is 1. The van der Waals surface area contributed by atoms with Crippen molar-refractivity contribution in [3.05, 3.63) is 58.9 Å². The molecule has 0 aliphatic heterocycles. The van der Waals surface area contributed by atoms with Gasteiger partial charge in [0, 0.05) is 24.6 Å². The minimum atomic E-state index is -5.03. The second kappa shape index (κ2) is 10.3. The lowest BCUT2D eigenvalue weighted by Crippen LogP contribution is -2.37. The average molecular weight is 516 g/mol. The van der Waals surface area contributed by atoms with Gasteiger partial charge in [-0.1, -0.05) is 16.1 Å². The number of anilines is 1. The van der Waals surface area contributed by atoms with Crippen molar-refractivity contribution in [3.63, 3.8) is 0 Å². The fourth-order valence-corrected chi connectivity index (χ4v) is 4.22. The smallest absolute Gasteiger partial charge is 0.382 e. The molecule has 2 aromatic rings. The number of rotatable bonds is 5. The quantitative estimate of drug-likeness (QED) is 0.388. The summed E-state index contributed by atoms with van der Waals surface area (Å²) >= 11 is 5.32. The van der Waals surface area contributed by atoms with Crippen LogP contribution in [-0.2, 0) is 24.8 Å². The van der Waals surface area contributed by atoms with Gasteiger partial charge in [0.1, 0.15) is 11.4 Å². The number of pyridine rings is 1. The van der Waals surface area contributed by atoms with Gasteiger partial charge < -0.3 is 5.32 Å². The molecular formula is C23H21F6N4OS+. The van der Waals surface area contributed by atoms with Gasteiger partial charge in [-0.2, -0.15) is 31.6 Å². The molecule has 0 saturated heterocycles. The van der Waals surface area contributed by atoms with Crippen LogP contribution in [0, 0.1) is 11.3 Å². The van der Waals surface area contributed by atoms with Crippen molar-refractivity contribution in [2.24, 2.45) is 0 Å². The van der Waals surface area contributed by atoms with Crippen LogP contribution in [0.2, 0.25) is 0 Å². The number of halogens is 6. The van der Waals surface area contributed by atoms with Crippen LogP contribution in [-0.4, -0.2) is 26.9 Å². The van der Waals surface area contributed by atoms with E-state index in [-0.39, 0.29) is 11.7 Å². The molecule has 5 nitrogen and oxygen atoms in total. The van der Waals surface area contributed by atoms with Gasteiger partial charge in [-0.15, -0.1) is 0 Å². The Labute approximate surface area is 202 Å². The number of benzene rings is 1. The maximum atomic E-state index is 13.0. The summed E-state index contributed by atoms with van der Waals surface area (Å²) in [7, 11) is 0. The molecule has 12 heteroatoms. The zero-order chi connectivity index (χ0) is 26.0. The standard InChI is InChI=1S/C23H21F6N4OS/c1-13(12-30)14-3-2-4-15(9-14)21(34)33(35)18-7-5-16(6-8-18)31-17-10-19(22(24,25)26)32-20(11-17)23(27,28)29/h2-4,9-11,13,16,18H,5-8H2,1H3,(H,31,32)/q+1/t13?,16-,18+. The Morgan fingerprint density at radius 2 is 1.66 bits per heavy atom. The second-order valence-corrected chi connectivity index (χ2v) is 8.77. The minimum Gasteiger partial charge on any atom is -0.382 e. The average Bonchev–Trinajstić information content (AvgIpc) is 2.82. The van der Waals surface area contributed by atoms with E-state index in [0.29, 0.717) is 48.9 Å². The molecule has 35 heavy (non-hydrogen) atoms. The highest BCUT2D eigenvalue weighted by atomic mass is 32.1. The van der Waals surface area contributed by atoms with E-state index in [9.17, 15) is 31.1 Å². The van der Waals surface area contributed by atoms with Crippen molar-refractivity contribution in [2.45, 2.75) is 63.0 Å². The third-order valence-electron chi connectivity index (χ3n) is 5.83. The van der Waals surface area contributed by atoms with Crippen LogP contribution in [0.15, 0.2) is 36.4 Å². The molecule has 0 spiro atoms. The van der Waals surface area contributed by atoms with Crippen molar-refractivity contribution in [1.29, 1.82) is 5.26 Å². The van der Waals surface area contributed by atoms with E-state index in [1.165, 1.54) is 3.95 Å². The lowest BCUT2D eigenvalue weighted by Gasteiger charge is -2.27. The number of alkyl halides is 6. The number of nitrogens with zero attached hydrogens (tertiary/aromatic N) is 3. The molecule has 1 aromatic heterocycles. The van der Waals surface area contributed by atoms with E-state index in [4.69, 9.17) is 17.7 Å². The maximum Gasteiger partial charge on any atom is 0.433 e. The molecule has 0 bridgehead atoms. The van der Waals surface area contributed by atoms with Gasteiger partial charge >= 0.3 is 18.3 Å². The first-order valence-corrected chi connectivity index (χ1v) is 11.1. The predicted molar refractivity (Wildman–Crippen MR) is 116 cm³/mol. The van der Waals surface area contributed by atoms with E-state index >= 15 is 0 Å². The third-order valence-corrected chi connectivity index (χ3v) is 6.30. The molecule has 1 unspecified atom stereocenters. The van der Waals surface area contributed by atoms with Gasteiger partial charge in [0.2, 0.25) is 0 Å². The fraction of sp³-hybridized carbons (Fsp3) is 0.435. The van der Waals surface area contributed by atoms with E-state index < -0.39 is 41.6 Å². The summed E-state index contributed by atoms with van der Waals surface area (Å²) < 4.78 is 79.4. The molecule has 1 saturated carbocycles. The van der Waals surface area contributed by atoms with Crippen molar-refractivity contribution >= 4 is 24.0 Å². The highest BCUT2D eigenvalue weighted by Gasteiger charge is 2.39. The SMILES string of the molecule is CC(C#N)c1cccc(C(=O)[N+](=S)[C@H]2CC[C@@H](Nc3cc(C(F)(F)F)nc(C(F)(F)F)c3)CC2)c1. The molecule has 1 heterocycles. The Morgan fingerprint density at radius 3 is 2.17 bits per heavy atom. The predicted octanol–water partition coefficient (Wildman–Crippen LogP) is 6.05. The summed E-state index contributed by atoms with van der Waals surface area (Å²) in [6.45, 7) is 1.71. The van der Waals surface area contributed by atoms with Gasteiger partial charge in [0.05, 0.1) is 17.6 Å². The monoisotopic (exact) mass is 515 g/mol. The molecule has 1 atom stereocenters.